The maximum atomic E-state index is 3.04. The largest absolute Gasteiger partial charge is 0.309 e. The number of rotatable bonds is 0. The Morgan fingerprint density at radius 2 is 1.75 bits per heavy atom. The van der Waals surface area contributed by atoms with Gasteiger partial charge in [0.2, 0.25) is 0 Å². The maximum absolute atomic E-state index is 3.04. The molecule has 0 aromatic carbocycles. The summed E-state index contributed by atoms with van der Waals surface area (Å²) in [7, 11) is 0. The van der Waals surface area contributed by atoms with Crippen molar-refractivity contribution >= 4 is 0 Å². The second-order valence-electron chi connectivity index (χ2n) is 3.55. The number of allylic oxidation sites excluding steroid dienone is 1. The van der Waals surface area contributed by atoms with Gasteiger partial charge in [0.15, 0.2) is 0 Å². The van der Waals surface area contributed by atoms with E-state index in [0.717, 1.165) is 0 Å². The van der Waals surface area contributed by atoms with Crippen molar-refractivity contribution in [1.29, 1.82) is 0 Å². The van der Waals surface area contributed by atoms with Crippen LogP contribution in [0.2, 0.25) is 0 Å². The minimum Gasteiger partial charge on any atom is -0.309 e. The van der Waals surface area contributed by atoms with Crippen LogP contribution in [0.3, 0.4) is 0 Å². The highest BCUT2D eigenvalue weighted by molar-refractivity contribution is 5.02. The molecular formula is C9H21N3. The van der Waals surface area contributed by atoms with Crippen LogP contribution < -0.4 is 11.0 Å². The van der Waals surface area contributed by atoms with E-state index in [-0.39, 0.29) is 5.54 Å². The van der Waals surface area contributed by atoms with Crippen molar-refractivity contribution in [3.8, 4) is 0 Å². The molecule has 0 bridgehead atoms. The first-order chi connectivity index (χ1) is 5.52. The van der Waals surface area contributed by atoms with E-state index in [1.165, 1.54) is 5.70 Å². The van der Waals surface area contributed by atoms with Crippen LogP contribution in [0, 0.1) is 0 Å². The van der Waals surface area contributed by atoms with Gasteiger partial charge in [-0.25, -0.2) is 0 Å². The molecule has 0 saturated heterocycles. The molecular weight excluding hydrogens is 150 g/mol. The van der Waals surface area contributed by atoms with Crippen LogP contribution in [-0.4, -0.2) is 10.5 Å². The Morgan fingerprint density at radius 3 is 1.92 bits per heavy atom. The zero-order valence-corrected chi connectivity index (χ0v) is 9.02. The van der Waals surface area contributed by atoms with Gasteiger partial charge < -0.3 is 5.43 Å². The molecule has 0 fully saturated rings. The number of nitrogens with zero attached hydrogens (tertiary/aromatic N) is 1. The van der Waals surface area contributed by atoms with Crippen LogP contribution in [0.4, 0.5) is 0 Å². The summed E-state index contributed by atoms with van der Waals surface area (Å²) in [6, 6.07) is 0. The Hall–Kier alpha value is -0.700. The summed E-state index contributed by atoms with van der Waals surface area (Å²) in [5.74, 6) is 0. The number of hydrazine groups is 2. The van der Waals surface area contributed by atoms with Crippen LogP contribution in [0.1, 0.15) is 41.5 Å². The van der Waals surface area contributed by atoms with Gasteiger partial charge in [0.25, 0.3) is 0 Å². The summed E-state index contributed by atoms with van der Waals surface area (Å²) in [5.41, 5.74) is 7.34. The Balaban J connectivity index is 0.000000561. The second kappa shape index (κ2) is 4.36. The summed E-state index contributed by atoms with van der Waals surface area (Å²) in [6.07, 6.45) is 1.95. The molecule has 2 N–H and O–H groups in total. The van der Waals surface area contributed by atoms with Crippen LogP contribution >= 0.6 is 0 Å². The van der Waals surface area contributed by atoms with Crippen molar-refractivity contribution in [1.82, 2.24) is 16.0 Å². The van der Waals surface area contributed by atoms with E-state index in [0.29, 0.717) is 0 Å². The molecule has 0 aromatic rings. The normalized spacial score (nSPS) is 16.2. The second-order valence-corrected chi connectivity index (χ2v) is 3.55. The predicted octanol–water partition coefficient (Wildman–Crippen LogP) is 2.00. The average molecular weight is 171 g/mol. The minimum atomic E-state index is 0.143. The molecule has 0 amide bonds. The summed E-state index contributed by atoms with van der Waals surface area (Å²) < 4.78 is 0. The lowest BCUT2D eigenvalue weighted by atomic mass is 10.1. The van der Waals surface area contributed by atoms with Gasteiger partial charge >= 0.3 is 0 Å². The first-order valence-electron chi connectivity index (χ1n) is 4.50. The standard InChI is InChI=1S/C7H15N3.C2H6/c1-6-5-8-9-10(6)7(2,3)4;1-2/h5,8-9H,1-4H3;1-2H3. The van der Waals surface area contributed by atoms with Gasteiger partial charge in [-0.05, 0) is 27.7 Å². The van der Waals surface area contributed by atoms with E-state index in [1.807, 2.05) is 20.0 Å². The molecule has 1 aliphatic rings. The Morgan fingerprint density at radius 1 is 1.25 bits per heavy atom. The average Bonchev–Trinajstić information content (AvgIpc) is 2.38. The highest BCUT2D eigenvalue weighted by Gasteiger charge is 2.23. The lowest BCUT2D eigenvalue weighted by molar-refractivity contribution is 0.122. The van der Waals surface area contributed by atoms with E-state index in [1.54, 1.807) is 0 Å². The molecule has 1 rings (SSSR count). The topological polar surface area (TPSA) is 27.3 Å². The van der Waals surface area contributed by atoms with E-state index in [4.69, 9.17) is 0 Å². The zero-order valence-electron chi connectivity index (χ0n) is 9.02. The van der Waals surface area contributed by atoms with Crippen molar-refractivity contribution in [3.63, 3.8) is 0 Å². The smallest absolute Gasteiger partial charge is 0.0494 e. The third-order valence-electron chi connectivity index (χ3n) is 1.48. The minimum absolute atomic E-state index is 0.143. The fraction of sp³-hybridized carbons (Fsp3) is 0.778. The van der Waals surface area contributed by atoms with Crippen LogP contribution in [0.25, 0.3) is 0 Å². The molecule has 3 heteroatoms. The van der Waals surface area contributed by atoms with Gasteiger partial charge in [-0.3, -0.25) is 5.01 Å². The van der Waals surface area contributed by atoms with Gasteiger partial charge in [-0.2, -0.15) is 0 Å². The third kappa shape index (κ3) is 2.74. The quantitative estimate of drug-likeness (QED) is 0.583. The molecule has 0 saturated carbocycles. The molecule has 0 aromatic heterocycles. The molecule has 12 heavy (non-hydrogen) atoms. The van der Waals surface area contributed by atoms with Crippen molar-refractivity contribution in [2.45, 2.75) is 47.1 Å². The molecule has 0 unspecified atom stereocenters. The maximum Gasteiger partial charge on any atom is 0.0494 e. The van der Waals surface area contributed by atoms with Crippen molar-refractivity contribution in [2.24, 2.45) is 0 Å². The molecule has 0 atom stereocenters. The monoisotopic (exact) mass is 171 g/mol. The fourth-order valence-corrected chi connectivity index (χ4v) is 1.05. The van der Waals surface area contributed by atoms with Crippen molar-refractivity contribution in [3.05, 3.63) is 11.9 Å². The molecule has 0 aliphatic carbocycles. The Bertz CT molecular complexity index is 156. The van der Waals surface area contributed by atoms with Crippen LogP contribution in [-0.2, 0) is 0 Å². The molecule has 0 spiro atoms. The number of hydrogen-bond donors (Lipinski definition) is 2. The number of hydrogen-bond acceptors (Lipinski definition) is 3. The lowest BCUT2D eigenvalue weighted by Gasteiger charge is -2.33. The van der Waals surface area contributed by atoms with E-state index >= 15 is 0 Å². The van der Waals surface area contributed by atoms with Gasteiger partial charge in [0.1, 0.15) is 0 Å². The van der Waals surface area contributed by atoms with Crippen molar-refractivity contribution < 1.29 is 0 Å². The first kappa shape index (κ1) is 11.3. The highest BCUT2D eigenvalue weighted by atomic mass is 15.7. The molecule has 3 nitrogen and oxygen atoms in total. The Kier molecular flexibility index (Phi) is 4.10. The van der Waals surface area contributed by atoms with Crippen molar-refractivity contribution in [2.75, 3.05) is 0 Å². The van der Waals surface area contributed by atoms with Crippen LogP contribution in [0.5, 0.6) is 0 Å². The van der Waals surface area contributed by atoms with Gasteiger partial charge in [0, 0.05) is 17.4 Å². The third-order valence-corrected chi connectivity index (χ3v) is 1.48. The molecule has 0 radical (unpaired) electrons. The zero-order chi connectivity index (χ0) is 9.78. The summed E-state index contributed by atoms with van der Waals surface area (Å²) in [4.78, 5) is 0. The SMILES string of the molecule is CC.CC1=CNNN1C(C)(C)C. The van der Waals surface area contributed by atoms with Gasteiger partial charge in [-0.1, -0.05) is 13.8 Å². The summed E-state index contributed by atoms with van der Waals surface area (Å²) in [6.45, 7) is 12.5. The van der Waals surface area contributed by atoms with E-state index in [9.17, 15) is 0 Å². The number of nitrogens with one attached hydrogen (secondary N) is 2. The molecule has 1 heterocycles. The predicted molar refractivity (Wildman–Crippen MR) is 53.0 cm³/mol. The van der Waals surface area contributed by atoms with Gasteiger partial charge in [0.05, 0.1) is 0 Å². The van der Waals surface area contributed by atoms with Gasteiger partial charge in [-0.15, -0.1) is 5.53 Å². The summed E-state index contributed by atoms with van der Waals surface area (Å²) >= 11 is 0. The van der Waals surface area contributed by atoms with E-state index < -0.39 is 0 Å². The molecule has 72 valence electrons. The fourth-order valence-electron chi connectivity index (χ4n) is 1.05. The Labute approximate surface area is 75.8 Å². The lowest BCUT2D eigenvalue weighted by Crippen LogP contribution is -2.48. The van der Waals surface area contributed by atoms with Crippen LogP contribution in [0.15, 0.2) is 11.9 Å². The highest BCUT2D eigenvalue weighted by Crippen LogP contribution is 2.17. The van der Waals surface area contributed by atoms with E-state index in [2.05, 4.69) is 43.7 Å². The molecule has 1 aliphatic heterocycles. The first-order valence-corrected chi connectivity index (χ1v) is 4.50. The summed E-state index contributed by atoms with van der Waals surface area (Å²) in [5, 5.41) is 2.09.